The maximum Gasteiger partial charge on any atom is 0.274 e. The number of nitrogens with one attached hydrogen (secondary N) is 2. The number of nitrogens with two attached hydrogens (primary N) is 1. The fourth-order valence-corrected chi connectivity index (χ4v) is 11.9. The van der Waals surface area contributed by atoms with Gasteiger partial charge in [-0.25, -0.2) is 19.3 Å². The van der Waals surface area contributed by atoms with Gasteiger partial charge in [-0.1, -0.05) is 174 Å². The molecule has 0 saturated carbocycles. The molecule has 1 fully saturated rings. The topological polar surface area (TPSA) is 482 Å². The van der Waals surface area contributed by atoms with Crippen LogP contribution in [0, 0.1) is 5.41 Å². The average molecular weight is 1200 g/mol. The molecule has 1 aliphatic heterocycles. The predicted octanol–water partition coefficient (Wildman–Crippen LogP) is 7.28. The largest absolute Gasteiger partial charge is 0.756 e. The van der Waals surface area contributed by atoms with Gasteiger partial charge in [-0.2, -0.15) is 0 Å². The van der Waals surface area contributed by atoms with Crippen molar-refractivity contribution in [3.05, 3.63) is 12.7 Å². The number of aliphatic hydroxyl groups excluding tert-OH is 2. The minimum atomic E-state index is -5.91. The van der Waals surface area contributed by atoms with E-state index in [0.717, 1.165) is 48.2 Å². The van der Waals surface area contributed by atoms with E-state index in [0.29, 0.717) is 12.2 Å². The first kappa shape index (κ1) is 75.4. The zero-order chi connectivity index (χ0) is 55.3. The minimum Gasteiger partial charge on any atom is -0.756 e. The van der Waals surface area contributed by atoms with Crippen LogP contribution in [0.1, 0.15) is 188 Å². The van der Waals surface area contributed by atoms with E-state index >= 15 is 0 Å². The molecule has 0 bridgehead atoms. The number of fused-ring (bicyclic) bond motifs is 1. The number of hydrogen-bond acceptors (Lipinski definition) is 21. The lowest BCUT2D eigenvalue weighted by atomic mass is 9.87. The zero-order valence-electron chi connectivity index (χ0n) is 46.9. The molecule has 0 radical (unpaired) electrons. The number of rotatable bonds is 43. The standard InChI is InChI=1S/C47H86N7O17P3S.3H3N/c1-4-5-6-7-8-9-10-11-12-13-14-15-16-17-18-19-20-21-22-23-24-25-26-27-38(56)75-31-30-49-37(55)28-29-50-45(59)42(58)47(2,3)33-68-74(65,66)71-73(63,64)67-32-36-41(70-72(60,61)62)40(57)46(69-36)54-35-53-39-43(48)51-34-52-44(39)54;;;/h34-36,40-42,46,57-58H,4-33H2,1-3H3,(H,49,55)(H,50,59)(H,63,64)(H,65,66)(H2,48,51,52)(H2,60,61,62);3*1H3/t36-,40-,41-,42+,46-;;;/m1.../s1. The Balaban J connectivity index is 0.0000198. The average Bonchev–Trinajstić information content (AvgIpc) is 3.91. The van der Waals surface area contributed by atoms with Crippen molar-refractivity contribution in [2.24, 2.45) is 5.41 Å². The molecule has 1 saturated heterocycles. The summed E-state index contributed by atoms with van der Waals surface area (Å²) in [6.07, 6.45) is 23.2. The second kappa shape index (κ2) is 39.8. The van der Waals surface area contributed by atoms with Crippen LogP contribution < -0.4 is 49.5 Å². The number of ether oxygens (including phenoxy) is 1. The Hall–Kier alpha value is -2.56. The van der Waals surface area contributed by atoms with Crippen molar-refractivity contribution >= 4 is 69.1 Å². The van der Waals surface area contributed by atoms with Gasteiger partial charge in [0.25, 0.3) is 23.5 Å². The van der Waals surface area contributed by atoms with Gasteiger partial charge in [0.15, 0.2) is 22.8 Å². The Morgan fingerprint density at radius 2 is 1.27 bits per heavy atom. The molecule has 78 heavy (non-hydrogen) atoms. The number of carbonyl (C=O) groups is 3. The number of thioether (sulfide) groups is 1. The minimum absolute atomic E-state index is 0. The van der Waals surface area contributed by atoms with Gasteiger partial charge in [0.2, 0.25) is 11.8 Å². The number of nitrogens with zero attached hydrogens (tertiary/aromatic N) is 4. The fourth-order valence-electron chi connectivity index (χ4n) is 8.40. The third-order valence-corrected chi connectivity index (χ3v) is 16.7. The third kappa shape index (κ3) is 30.5. The number of unbranched alkanes of at least 4 members (excludes halogenated alkanes) is 22. The van der Waals surface area contributed by atoms with Gasteiger partial charge in [-0.05, 0) is 6.42 Å². The van der Waals surface area contributed by atoms with E-state index in [-0.39, 0.29) is 60.1 Å². The number of amides is 2. The second-order valence-electron chi connectivity index (χ2n) is 19.8. The monoisotopic (exact) mass is 1200 g/mol. The molecule has 19 N–H and O–H groups in total. The number of quaternary nitrogens is 3. The Bertz CT molecular complexity index is 2150. The van der Waals surface area contributed by atoms with Crippen molar-refractivity contribution in [1.82, 2.24) is 48.6 Å². The van der Waals surface area contributed by atoms with Crippen LogP contribution >= 0.6 is 35.2 Å². The van der Waals surface area contributed by atoms with E-state index < -0.39 is 84.6 Å². The van der Waals surface area contributed by atoms with Crippen molar-refractivity contribution in [1.29, 1.82) is 0 Å². The van der Waals surface area contributed by atoms with Crippen LogP contribution in [0.5, 0.6) is 0 Å². The summed E-state index contributed by atoms with van der Waals surface area (Å²) in [6, 6.07) is 0. The first-order chi connectivity index (χ1) is 35.6. The highest BCUT2D eigenvalue weighted by Crippen LogP contribution is 2.56. The van der Waals surface area contributed by atoms with E-state index in [1.807, 2.05) is 0 Å². The Kier molecular flexibility index (Phi) is 38.5. The number of aromatic nitrogens is 4. The predicted molar refractivity (Wildman–Crippen MR) is 295 cm³/mol. The Labute approximate surface area is 464 Å². The van der Waals surface area contributed by atoms with Gasteiger partial charge in [0.1, 0.15) is 36.3 Å². The van der Waals surface area contributed by atoms with Gasteiger partial charge in [-0.3, -0.25) is 32.6 Å². The van der Waals surface area contributed by atoms with Crippen LogP contribution in [0.25, 0.3) is 11.2 Å². The molecule has 3 unspecified atom stereocenters. The molecule has 31 heteroatoms. The van der Waals surface area contributed by atoms with Crippen molar-refractivity contribution in [3.63, 3.8) is 0 Å². The maximum atomic E-state index is 12.7. The zero-order valence-corrected chi connectivity index (χ0v) is 50.4. The smallest absolute Gasteiger partial charge is 0.274 e. The molecule has 8 atom stereocenters. The Morgan fingerprint density at radius 3 is 1.78 bits per heavy atom. The lowest BCUT2D eigenvalue weighted by Gasteiger charge is -2.35. The number of imidazole rings is 1. The molecular formula is C47H95N10O17P3S. The molecule has 0 spiro atoms. The molecule has 27 nitrogen and oxygen atoms in total. The van der Waals surface area contributed by atoms with Crippen molar-refractivity contribution in [2.75, 3.05) is 37.8 Å². The van der Waals surface area contributed by atoms with Gasteiger partial charge in [0, 0.05) is 37.1 Å². The number of hydrogen-bond donors (Lipinski definition) is 9. The highest BCUT2D eigenvalue weighted by molar-refractivity contribution is 8.13. The molecule has 2 amide bonds. The van der Waals surface area contributed by atoms with Crippen molar-refractivity contribution < 1.29 is 80.5 Å². The SMILES string of the molecule is CCCCCCCCCCCCCCCCCCCCCCCCCC(=O)SCCNC(=O)CCNC(=O)[C@H](O)C(C)(C)COP(=O)([O-])OP(=O)([O-])OC[C@H]1O[C@@H](n2cnc3c(N)ncnc32)[C@H](O)[C@@H]1OP(=O)([O-])O.[NH4+].[NH4+].[NH4+]. The van der Waals surface area contributed by atoms with Crippen molar-refractivity contribution in [2.45, 2.75) is 212 Å². The summed E-state index contributed by atoms with van der Waals surface area (Å²) in [4.78, 5) is 95.2. The summed E-state index contributed by atoms with van der Waals surface area (Å²) in [6.45, 7) is 2.51. The van der Waals surface area contributed by atoms with E-state index in [2.05, 4.69) is 50.4 Å². The molecule has 0 aliphatic carbocycles. The van der Waals surface area contributed by atoms with Crippen LogP contribution in [-0.4, -0.2) is 108 Å². The summed E-state index contributed by atoms with van der Waals surface area (Å²) in [5.41, 5.74) is 4.15. The summed E-state index contributed by atoms with van der Waals surface area (Å²) in [5.74, 6) is -1.10. The van der Waals surface area contributed by atoms with Crippen LogP contribution in [0.15, 0.2) is 12.7 Å². The molecule has 0 aromatic carbocycles. The number of aliphatic hydroxyl groups is 2. The van der Waals surface area contributed by atoms with Crippen LogP contribution in [0.4, 0.5) is 5.82 Å². The lowest BCUT2D eigenvalue weighted by molar-refractivity contribution is -0.247. The second-order valence-corrected chi connectivity index (χ2v) is 25.0. The highest BCUT2D eigenvalue weighted by Gasteiger charge is 2.48. The van der Waals surface area contributed by atoms with Gasteiger partial charge in [-0.15, -0.1) is 0 Å². The third-order valence-electron chi connectivity index (χ3n) is 12.7. The summed E-state index contributed by atoms with van der Waals surface area (Å²) >= 11 is 1.15. The van der Waals surface area contributed by atoms with Gasteiger partial charge in [0.05, 0.1) is 19.5 Å². The number of anilines is 1. The normalized spacial score (nSPS) is 19.1. The molecule has 3 rings (SSSR count). The number of nitrogen functional groups attached to an aromatic ring is 1. The summed E-state index contributed by atoms with van der Waals surface area (Å²) < 4.78 is 61.3. The van der Waals surface area contributed by atoms with E-state index in [1.54, 1.807) is 0 Å². The van der Waals surface area contributed by atoms with Crippen LogP contribution in [-0.2, 0) is 50.7 Å². The number of phosphoric acid groups is 3. The van der Waals surface area contributed by atoms with E-state index in [9.17, 15) is 57.9 Å². The van der Waals surface area contributed by atoms with Crippen LogP contribution in [0.2, 0.25) is 0 Å². The molecular weight excluding hydrogens is 1100 g/mol. The quantitative estimate of drug-likeness (QED) is 0.0232. The highest BCUT2D eigenvalue weighted by atomic mass is 32.2. The molecule has 456 valence electrons. The molecule has 1 aliphatic rings. The van der Waals surface area contributed by atoms with Crippen molar-refractivity contribution in [3.8, 4) is 0 Å². The Morgan fingerprint density at radius 1 is 0.769 bits per heavy atom. The lowest BCUT2D eigenvalue weighted by Crippen LogP contribution is -2.46. The molecule has 2 aromatic rings. The fraction of sp³-hybridized carbons (Fsp3) is 0.830. The maximum absolute atomic E-state index is 12.7. The van der Waals surface area contributed by atoms with Gasteiger partial charge >= 0.3 is 0 Å². The number of carbonyl (C=O) groups excluding carboxylic acids is 3. The summed E-state index contributed by atoms with van der Waals surface area (Å²) in [5, 5.41) is 26.6. The van der Waals surface area contributed by atoms with Crippen LogP contribution in [0.3, 0.4) is 0 Å². The first-order valence-corrected chi connectivity index (χ1v) is 32.0. The summed E-state index contributed by atoms with van der Waals surface area (Å²) in [7, 11) is -17.3. The van der Waals surface area contributed by atoms with E-state index in [1.165, 1.54) is 142 Å². The van der Waals surface area contributed by atoms with Gasteiger partial charge < -0.3 is 82.9 Å². The molecule has 2 aromatic heterocycles. The number of phosphoric ester groups is 3. The first-order valence-electron chi connectivity index (χ1n) is 26.5. The van der Waals surface area contributed by atoms with E-state index in [4.69, 9.17) is 10.5 Å². The molecule has 3 heterocycles.